The van der Waals surface area contributed by atoms with Crippen molar-refractivity contribution < 1.29 is 23.9 Å². The van der Waals surface area contributed by atoms with Crippen molar-refractivity contribution in [3.63, 3.8) is 0 Å². The van der Waals surface area contributed by atoms with Crippen LogP contribution in [0.4, 0.5) is 5.69 Å². The number of methoxy groups -OCH3 is 2. The molecular formula is C22H24N4O5. The highest BCUT2D eigenvalue weighted by molar-refractivity contribution is 6.05. The number of benzene rings is 1. The highest BCUT2D eigenvalue weighted by atomic mass is 16.7. The molecule has 9 heteroatoms. The molecule has 0 bridgehead atoms. The maximum Gasteiger partial charge on any atom is 0.277 e. The predicted octanol–water partition coefficient (Wildman–Crippen LogP) is 2.94. The van der Waals surface area contributed by atoms with Crippen LogP contribution in [0.3, 0.4) is 0 Å². The van der Waals surface area contributed by atoms with Crippen molar-refractivity contribution in [3.8, 4) is 11.5 Å². The van der Waals surface area contributed by atoms with Gasteiger partial charge < -0.3 is 19.2 Å². The van der Waals surface area contributed by atoms with E-state index < -0.39 is 5.91 Å². The molecule has 1 aliphatic heterocycles. The van der Waals surface area contributed by atoms with E-state index in [0.29, 0.717) is 41.5 Å². The largest absolute Gasteiger partial charge is 0.493 e. The third-order valence-corrected chi connectivity index (χ3v) is 5.10. The van der Waals surface area contributed by atoms with Crippen molar-refractivity contribution in [3.05, 3.63) is 53.5 Å². The molecule has 0 spiro atoms. The minimum absolute atomic E-state index is 0.240. The summed E-state index contributed by atoms with van der Waals surface area (Å²) < 4.78 is 12.6. The maximum atomic E-state index is 12.9. The molecule has 3 heterocycles. The lowest BCUT2D eigenvalue weighted by molar-refractivity contribution is -0.0772. The zero-order valence-electron chi connectivity index (χ0n) is 17.8. The average Bonchev–Trinajstić information content (AvgIpc) is 3.40. The summed E-state index contributed by atoms with van der Waals surface area (Å²) in [5, 5.41) is 4.12. The minimum atomic E-state index is -0.431. The van der Waals surface area contributed by atoms with Crippen LogP contribution in [0.5, 0.6) is 11.5 Å². The monoisotopic (exact) mass is 424 g/mol. The molecule has 1 saturated heterocycles. The van der Waals surface area contributed by atoms with Crippen molar-refractivity contribution in [2.45, 2.75) is 13.8 Å². The first kappa shape index (κ1) is 20.7. The molecule has 1 atom stereocenters. The van der Waals surface area contributed by atoms with Crippen LogP contribution in [0.15, 0.2) is 36.7 Å². The zero-order valence-corrected chi connectivity index (χ0v) is 17.8. The number of imidazole rings is 1. The molecule has 9 nitrogen and oxygen atoms in total. The van der Waals surface area contributed by atoms with Crippen molar-refractivity contribution >= 4 is 23.1 Å². The highest BCUT2D eigenvalue weighted by Crippen LogP contribution is 2.37. The Morgan fingerprint density at radius 2 is 2.06 bits per heavy atom. The van der Waals surface area contributed by atoms with E-state index in [0.717, 1.165) is 5.56 Å². The van der Waals surface area contributed by atoms with Gasteiger partial charge in [-0.05, 0) is 30.7 Å². The molecule has 1 N–H and O–H groups in total. The van der Waals surface area contributed by atoms with Crippen LogP contribution < -0.4 is 14.8 Å². The average molecular weight is 424 g/mol. The van der Waals surface area contributed by atoms with E-state index in [2.05, 4.69) is 10.3 Å². The molecule has 3 aromatic rings. The number of nitrogens with zero attached hydrogens (tertiary/aromatic N) is 3. The van der Waals surface area contributed by atoms with Crippen molar-refractivity contribution in [1.82, 2.24) is 14.4 Å². The fourth-order valence-corrected chi connectivity index (χ4v) is 3.52. The number of amides is 2. The quantitative estimate of drug-likeness (QED) is 0.677. The molecule has 1 fully saturated rings. The van der Waals surface area contributed by atoms with Crippen LogP contribution in [-0.4, -0.2) is 53.6 Å². The van der Waals surface area contributed by atoms with Crippen LogP contribution in [0, 0.1) is 12.8 Å². The number of hydroxylamine groups is 2. The molecule has 1 aromatic carbocycles. The van der Waals surface area contributed by atoms with E-state index in [9.17, 15) is 9.59 Å². The molecule has 162 valence electrons. The van der Waals surface area contributed by atoms with Gasteiger partial charge in [-0.25, -0.2) is 10.0 Å². The van der Waals surface area contributed by atoms with Gasteiger partial charge in [-0.15, -0.1) is 0 Å². The third-order valence-electron chi connectivity index (χ3n) is 5.10. The number of anilines is 1. The normalized spacial score (nSPS) is 15.9. The van der Waals surface area contributed by atoms with Gasteiger partial charge in [0.25, 0.3) is 11.8 Å². The van der Waals surface area contributed by atoms with E-state index in [4.69, 9.17) is 14.3 Å². The first-order valence-electron chi connectivity index (χ1n) is 9.87. The van der Waals surface area contributed by atoms with Gasteiger partial charge in [-0.2, -0.15) is 0 Å². The Balaban J connectivity index is 1.67. The smallest absolute Gasteiger partial charge is 0.277 e. The predicted molar refractivity (Wildman–Crippen MR) is 114 cm³/mol. The number of hydrogen-bond acceptors (Lipinski definition) is 6. The van der Waals surface area contributed by atoms with Gasteiger partial charge in [-0.1, -0.05) is 13.0 Å². The van der Waals surface area contributed by atoms with E-state index in [1.807, 2.05) is 32.2 Å². The standard InChI is InChI=1S/C22H24N4O5/c1-13-10-26(31-12-13)22(28)15-8-16(19(30-4)18(9-15)29-3)24-21(27)17-11-25-7-5-6-14(2)20(25)23-17/h5-9,11,13H,10,12H2,1-4H3,(H,24,27). The summed E-state index contributed by atoms with van der Waals surface area (Å²) >= 11 is 0. The summed E-state index contributed by atoms with van der Waals surface area (Å²) in [6, 6.07) is 6.93. The maximum absolute atomic E-state index is 12.9. The van der Waals surface area contributed by atoms with Crippen LogP contribution in [0.25, 0.3) is 5.65 Å². The molecule has 0 radical (unpaired) electrons. The van der Waals surface area contributed by atoms with Crippen LogP contribution in [0.1, 0.15) is 33.3 Å². The summed E-state index contributed by atoms with van der Waals surface area (Å²) in [5.74, 6) is 0.134. The van der Waals surface area contributed by atoms with Crippen molar-refractivity contribution in [2.75, 3.05) is 32.7 Å². The fraction of sp³-hybridized carbons (Fsp3) is 0.318. The summed E-state index contributed by atoms with van der Waals surface area (Å²) in [5.41, 5.74) is 2.50. The van der Waals surface area contributed by atoms with Crippen LogP contribution in [-0.2, 0) is 4.84 Å². The lowest BCUT2D eigenvalue weighted by Crippen LogP contribution is -2.27. The number of carbonyl (C=O) groups is 2. The Morgan fingerprint density at radius 1 is 1.26 bits per heavy atom. The van der Waals surface area contributed by atoms with Crippen molar-refractivity contribution in [1.29, 1.82) is 0 Å². The third kappa shape index (κ3) is 3.91. The summed E-state index contributed by atoms with van der Waals surface area (Å²) in [6.45, 7) is 4.91. The molecule has 1 aliphatic rings. The lowest BCUT2D eigenvalue weighted by Gasteiger charge is -2.18. The topological polar surface area (TPSA) is 94.4 Å². The first-order valence-corrected chi connectivity index (χ1v) is 9.87. The Hall–Kier alpha value is -3.59. The number of fused-ring (bicyclic) bond motifs is 1. The van der Waals surface area contributed by atoms with Gasteiger partial charge >= 0.3 is 0 Å². The second kappa shape index (κ2) is 8.27. The second-order valence-electron chi connectivity index (χ2n) is 7.53. The van der Waals surface area contributed by atoms with Crippen molar-refractivity contribution in [2.24, 2.45) is 5.92 Å². The Bertz CT molecular complexity index is 1160. The lowest BCUT2D eigenvalue weighted by atomic mass is 10.1. The number of aromatic nitrogens is 2. The first-order chi connectivity index (χ1) is 14.9. The van der Waals surface area contributed by atoms with Gasteiger partial charge in [0.15, 0.2) is 11.5 Å². The van der Waals surface area contributed by atoms with Gasteiger partial charge in [0.1, 0.15) is 11.3 Å². The zero-order chi connectivity index (χ0) is 22.1. The number of pyridine rings is 1. The molecule has 0 aliphatic carbocycles. The van der Waals surface area contributed by atoms with Gasteiger partial charge in [-0.3, -0.25) is 14.4 Å². The Morgan fingerprint density at radius 3 is 2.71 bits per heavy atom. The number of rotatable bonds is 5. The summed E-state index contributed by atoms with van der Waals surface area (Å²) in [6.07, 6.45) is 3.47. The van der Waals surface area contributed by atoms with E-state index in [1.54, 1.807) is 22.7 Å². The molecule has 4 rings (SSSR count). The fourth-order valence-electron chi connectivity index (χ4n) is 3.52. The Labute approximate surface area is 179 Å². The van der Waals surface area contributed by atoms with Crippen LogP contribution in [0.2, 0.25) is 0 Å². The van der Waals surface area contributed by atoms with Gasteiger partial charge in [0, 0.05) is 23.9 Å². The van der Waals surface area contributed by atoms with E-state index in [1.165, 1.54) is 19.3 Å². The highest BCUT2D eigenvalue weighted by Gasteiger charge is 2.28. The number of carbonyl (C=O) groups excluding carboxylic acids is 2. The summed E-state index contributed by atoms with van der Waals surface area (Å²) in [7, 11) is 2.94. The molecule has 0 saturated carbocycles. The number of aryl methyl sites for hydroxylation is 1. The molecule has 2 amide bonds. The van der Waals surface area contributed by atoms with E-state index >= 15 is 0 Å². The van der Waals surface area contributed by atoms with Gasteiger partial charge in [0.2, 0.25) is 0 Å². The summed E-state index contributed by atoms with van der Waals surface area (Å²) in [4.78, 5) is 35.7. The van der Waals surface area contributed by atoms with Gasteiger partial charge in [0.05, 0.1) is 33.1 Å². The molecule has 1 unspecified atom stereocenters. The molecular weight excluding hydrogens is 400 g/mol. The number of ether oxygens (including phenoxy) is 2. The number of nitrogens with one attached hydrogen (secondary N) is 1. The second-order valence-corrected chi connectivity index (χ2v) is 7.53. The Kier molecular flexibility index (Phi) is 5.51. The molecule has 2 aromatic heterocycles. The minimum Gasteiger partial charge on any atom is -0.493 e. The number of hydrogen-bond donors (Lipinski definition) is 1. The SMILES string of the molecule is COc1cc(C(=O)N2CC(C)CO2)cc(NC(=O)c2cn3cccc(C)c3n2)c1OC. The van der Waals surface area contributed by atoms with E-state index in [-0.39, 0.29) is 17.5 Å². The molecule has 31 heavy (non-hydrogen) atoms. The van der Waals surface area contributed by atoms with Crippen LogP contribution >= 0.6 is 0 Å².